The van der Waals surface area contributed by atoms with Crippen LogP contribution in [0, 0.1) is 0 Å². The Morgan fingerprint density at radius 3 is 2.11 bits per heavy atom. The van der Waals surface area contributed by atoms with Crippen molar-refractivity contribution in [1.82, 2.24) is 5.73 Å². The molecule has 0 heterocycles. The maximum atomic E-state index is 9.91. The van der Waals surface area contributed by atoms with Crippen LogP contribution in [-0.4, -0.2) is 36.5 Å². The van der Waals surface area contributed by atoms with E-state index in [0.717, 1.165) is 0 Å². The smallest absolute Gasteiger partial charge is 0.267 e. The number of aliphatic hydroxyl groups excluding tert-OH is 1. The van der Waals surface area contributed by atoms with Crippen LogP contribution >= 0.6 is 0 Å². The molecular formula is C3H8NO4S. The predicted molar refractivity (Wildman–Crippen MR) is 30.4 cm³/mol. The fourth-order valence-corrected chi connectivity index (χ4v) is 0.906. The van der Waals surface area contributed by atoms with Gasteiger partial charge in [0.25, 0.3) is 10.1 Å². The summed E-state index contributed by atoms with van der Waals surface area (Å²) < 4.78 is 27.9. The molecule has 5 nitrogen and oxygen atoms in total. The van der Waals surface area contributed by atoms with Gasteiger partial charge in [0.2, 0.25) is 0 Å². The zero-order valence-electron chi connectivity index (χ0n) is 4.61. The summed E-state index contributed by atoms with van der Waals surface area (Å²) in [7, 11) is -4.11. The van der Waals surface area contributed by atoms with Gasteiger partial charge in [-0.05, 0) is 0 Å². The van der Waals surface area contributed by atoms with Crippen molar-refractivity contribution in [3.63, 3.8) is 0 Å². The maximum absolute atomic E-state index is 9.91. The first kappa shape index (κ1) is 8.83. The quantitative estimate of drug-likeness (QED) is 0.484. The topological polar surface area (TPSA) is 98.4 Å². The average molecular weight is 154 g/mol. The Kier molecular flexibility index (Phi) is 3.06. The second-order valence-corrected chi connectivity index (χ2v) is 3.10. The van der Waals surface area contributed by atoms with E-state index in [2.05, 4.69) is 0 Å². The van der Waals surface area contributed by atoms with Crippen molar-refractivity contribution < 1.29 is 18.1 Å². The third-order valence-corrected chi connectivity index (χ3v) is 1.44. The lowest BCUT2D eigenvalue weighted by molar-refractivity contribution is 0.201. The molecule has 1 atom stereocenters. The van der Waals surface area contributed by atoms with Crippen LogP contribution in [0.5, 0.6) is 0 Å². The van der Waals surface area contributed by atoms with Crippen LogP contribution < -0.4 is 5.73 Å². The van der Waals surface area contributed by atoms with Crippen LogP contribution in [0.25, 0.3) is 0 Å². The number of rotatable bonds is 3. The first-order valence-electron chi connectivity index (χ1n) is 2.23. The van der Waals surface area contributed by atoms with Gasteiger partial charge in [-0.1, -0.05) is 0 Å². The first-order chi connectivity index (χ1) is 3.95. The van der Waals surface area contributed by atoms with Gasteiger partial charge in [0.1, 0.15) is 5.75 Å². The van der Waals surface area contributed by atoms with Gasteiger partial charge < -0.3 is 5.11 Å². The summed E-state index contributed by atoms with van der Waals surface area (Å²) in [5.41, 5.74) is 6.46. The van der Waals surface area contributed by atoms with Crippen LogP contribution in [0.15, 0.2) is 0 Å². The van der Waals surface area contributed by atoms with Crippen LogP contribution in [0.1, 0.15) is 0 Å². The minimum Gasteiger partial charge on any atom is -0.391 e. The molecule has 0 aliphatic rings. The molecule has 0 spiro atoms. The number of hydrogen-bond donors (Lipinski definition) is 2. The minimum atomic E-state index is -4.11. The molecule has 0 saturated heterocycles. The molecule has 0 aromatic rings. The van der Waals surface area contributed by atoms with E-state index in [4.69, 9.17) is 15.4 Å². The van der Waals surface area contributed by atoms with Crippen molar-refractivity contribution >= 4 is 10.1 Å². The van der Waals surface area contributed by atoms with E-state index in [1.165, 1.54) is 0 Å². The number of hydrogen-bond acceptors (Lipinski definition) is 3. The standard InChI is InChI=1S/C3H8NO4S/c4-1-3(5)2-9(6,7)8/h3-5H,1-2H2,(H,6,7,8). The monoisotopic (exact) mass is 154 g/mol. The van der Waals surface area contributed by atoms with Crippen molar-refractivity contribution in [3.8, 4) is 0 Å². The van der Waals surface area contributed by atoms with Gasteiger partial charge in [-0.15, -0.1) is 0 Å². The highest BCUT2D eigenvalue weighted by Gasteiger charge is 2.11. The van der Waals surface area contributed by atoms with Gasteiger partial charge in [-0.25, -0.2) is 0 Å². The fourth-order valence-electron chi connectivity index (χ4n) is 0.302. The minimum absolute atomic E-state index is 0.417. The van der Waals surface area contributed by atoms with Gasteiger partial charge in [-0.3, -0.25) is 10.3 Å². The summed E-state index contributed by atoms with van der Waals surface area (Å²) >= 11 is 0. The van der Waals surface area contributed by atoms with E-state index in [-0.39, 0.29) is 0 Å². The molecule has 1 radical (unpaired) electrons. The summed E-state index contributed by atoms with van der Waals surface area (Å²) in [6.45, 7) is -0.417. The average Bonchev–Trinajstić information content (AvgIpc) is 1.62. The first-order valence-corrected chi connectivity index (χ1v) is 3.84. The molecule has 0 aliphatic carbocycles. The summed E-state index contributed by atoms with van der Waals surface area (Å²) in [5.74, 6) is -0.753. The second-order valence-electron chi connectivity index (χ2n) is 1.61. The van der Waals surface area contributed by atoms with Crippen LogP contribution in [0.3, 0.4) is 0 Å². The Morgan fingerprint density at radius 2 is 2.00 bits per heavy atom. The molecule has 0 rings (SSSR count). The SMILES string of the molecule is [NH]CC(O)CS(=O)(=O)O. The zero-order chi connectivity index (χ0) is 7.49. The van der Waals surface area contributed by atoms with Crippen molar-refractivity contribution in [2.45, 2.75) is 6.10 Å². The van der Waals surface area contributed by atoms with Gasteiger partial charge >= 0.3 is 0 Å². The molecule has 3 N–H and O–H groups in total. The Balaban J connectivity index is 3.75. The Morgan fingerprint density at radius 1 is 1.56 bits per heavy atom. The highest BCUT2D eigenvalue weighted by molar-refractivity contribution is 7.85. The van der Waals surface area contributed by atoms with E-state index in [0.29, 0.717) is 0 Å². The van der Waals surface area contributed by atoms with Crippen LogP contribution in [0.4, 0.5) is 0 Å². The largest absolute Gasteiger partial charge is 0.391 e. The summed E-state index contributed by atoms with van der Waals surface area (Å²) in [4.78, 5) is 0. The molecule has 0 amide bonds. The third kappa shape index (κ3) is 5.71. The summed E-state index contributed by atoms with van der Waals surface area (Å²) in [6.07, 6.45) is -1.28. The van der Waals surface area contributed by atoms with E-state index in [1.807, 2.05) is 0 Å². The van der Waals surface area contributed by atoms with Crippen molar-refractivity contribution in [3.05, 3.63) is 0 Å². The van der Waals surface area contributed by atoms with Crippen molar-refractivity contribution in [1.29, 1.82) is 0 Å². The molecule has 0 aromatic heterocycles. The van der Waals surface area contributed by atoms with E-state index in [1.54, 1.807) is 0 Å². The Bertz CT molecular complexity index is 163. The Labute approximate surface area is 53.2 Å². The summed E-state index contributed by atoms with van der Waals surface area (Å²) in [5, 5.41) is 8.47. The molecule has 0 aromatic carbocycles. The highest BCUT2D eigenvalue weighted by atomic mass is 32.2. The van der Waals surface area contributed by atoms with Crippen LogP contribution in [-0.2, 0) is 10.1 Å². The lowest BCUT2D eigenvalue weighted by atomic mass is 10.4. The van der Waals surface area contributed by atoms with E-state index >= 15 is 0 Å². The lowest BCUT2D eigenvalue weighted by Crippen LogP contribution is -2.24. The molecular weight excluding hydrogens is 146 g/mol. The maximum Gasteiger partial charge on any atom is 0.267 e. The van der Waals surface area contributed by atoms with Crippen molar-refractivity contribution in [2.75, 3.05) is 12.3 Å². The molecule has 0 fully saturated rings. The zero-order valence-corrected chi connectivity index (χ0v) is 5.43. The molecule has 1 unspecified atom stereocenters. The van der Waals surface area contributed by atoms with Crippen LogP contribution in [0.2, 0.25) is 0 Å². The lowest BCUT2D eigenvalue weighted by Gasteiger charge is -2.01. The van der Waals surface area contributed by atoms with E-state index < -0.39 is 28.5 Å². The molecule has 55 valence electrons. The van der Waals surface area contributed by atoms with Gasteiger partial charge in [-0.2, -0.15) is 8.42 Å². The normalized spacial score (nSPS) is 15.4. The fraction of sp³-hybridized carbons (Fsp3) is 1.00. The third-order valence-electron chi connectivity index (χ3n) is 0.639. The van der Waals surface area contributed by atoms with Gasteiger partial charge in [0.05, 0.1) is 6.10 Å². The van der Waals surface area contributed by atoms with Gasteiger partial charge in [0.15, 0.2) is 0 Å². The molecule has 6 heteroatoms. The number of aliphatic hydroxyl groups is 1. The highest BCUT2D eigenvalue weighted by Crippen LogP contribution is 1.87. The second kappa shape index (κ2) is 3.11. The number of nitrogens with one attached hydrogen (secondary N) is 1. The molecule has 0 bridgehead atoms. The van der Waals surface area contributed by atoms with E-state index in [9.17, 15) is 8.42 Å². The summed E-state index contributed by atoms with van der Waals surface area (Å²) in [6, 6.07) is 0. The molecule has 0 saturated carbocycles. The molecule has 9 heavy (non-hydrogen) atoms. The van der Waals surface area contributed by atoms with Gasteiger partial charge in [0, 0.05) is 6.54 Å². The predicted octanol–water partition coefficient (Wildman–Crippen LogP) is -1.48. The van der Waals surface area contributed by atoms with Crippen molar-refractivity contribution in [2.24, 2.45) is 0 Å². The molecule has 0 aliphatic heterocycles. The Hall–Kier alpha value is -0.170.